The number of carbonyl (C=O) groups excluding carboxylic acids is 1. The van der Waals surface area contributed by atoms with Crippen LogP contribution < -0.4 is 4.90 Å². The van der Waals surface area contributed by atoms with Crippen molar-refractivity contribution in [1.82, 2.24) is 4.98 Å². The monoisotopic (exact) mass is 258 g/mol. The van der Waals surface area contributed by atoms with E-state index >= 15 is 0 Å². The van der Waals surface area contributed by atoms with Crippen LogP contribution in [0.5, 0.6) is 0 Å². The van der Waals surface area contributed by atoms with Gasteiger partial charge in [-0.15, -0.1) is 0 Å². The zero-order valence-corrected chi connectivity index (χ0v) is 11.6. The van der Waals surface area contributed by atoms with E-state index in [1.807, 2.05) is 12.3 Å². The van der Waals surface area contributed by atoms with Gasteiger partial charge in [0.15, 0.2) is 5.78 Å². The first kappa shape index (κ1) is 12.6. The Morgan fingerprint density at radius 2 is 2.00 bits per heavy atom. The van der Waals surface area contributed by atoms with Crippen molar-refractivity contribution < 1.29 is 4.79 Å². The Labute approximate surface area is 115 Å². The van der Waals surface area contributed by atoms with Gasteiger partial charge in [-0.05, 0) is 43.7 Å². The Balaban J connectivity index is 1.81. The number of anilines is 1. The molecule has 3 heteroatoms. The van der Waals surface area contributed by atoms with Crippen molar-refractivity contribution in [2.45, 2.75) is 51.5 Å². The lowest BCUT2D eigenvalue weighted by Crippen LogP contribution is -2.46. The summed E-state index contributed by atoms with van der Waals surface area (Å²) in [6.45, 7) is 2.71. The van der Waals surface area contributed by atoms with Crippen molar-refractivity contribution in [3.05, 3.63) is 24.0 Å². The lowest BCUT2D eigenvalue weighted by atomic mass is 9.78. The Hall–Kier alpha value is -1.38. The Bertz CT molecular complexity index is 452. The van der Waals surface area contributed by atoms with Crippen LogP contribution >= 0.6 is 0 Å². The van der Waals surface area contributed by atoms with Gasteiger partial charge in [0.2, 0.25) is 0 Å². The highest BCUT2D eigenvalue weighted by Crippen LogP contribution is 2.37. The molecule has 3 rings (SSSR count). The van der Waals surface area contributed by atoms with E-state index in [1.54, 1.807) is 6.92 Å². The normalized spacial score (nSPS) is 26.9. The minimum atomic E-state index is 0.0423. The molecule has 2 heterocycles. The summed E-state index contributed by atoms with van der Waals surface area (Å²) in [6.07, 6.45) is 10.0. The molecule has 0 N–H and O–H groups in total. The van der Waals surface area contributed by atoms with E-state index in [1.165, 1.54) is 44.2 Å². The molecule has 1 saturated heterocycles. The molecular formula is C16H22N2O. The largest absolute Gasteiger partial charge is 0.367 e. The highest BCUT2D eigenvalue weighted by molar-refractivity contribution is 5.92. The summed E-state index contributed by atoms with van der Waals surface area (Å²) in [5.74, 6) is 0.913. The Morgan fingerprint density at radius 3 is 2.74 bits per heavy atom. The zero-order chi connectivity index (χ0) is 13.2. The number of hydrogen-bond donors (Lipinski definition) is 0. The first-order chi connectivity index (χ1) is 9.25. The highest BCUT2D eigenvalue weighted by atomic mass is 16.1. The fourth-order valence-electron chi connectivity index (χ4n) is 3.71. The minimum absolute atomic E-state index is 0.0423. The SMILES string of the molecule is CC(=O)c1ccc(N2CCCC3CCCCC32)cn1. The van der Waals surface area contributed by atoms with Gasteiger partial charge in [0, 0.05) is 19.5 Å². The van der Waals surface area contributed by atoms with Crippen LogP contribution in [0.3, 0.4) is 0 Å². The number of aromatic nitrogens is 1. The number of Topliss-reactive ketones (excluding diaryl/α,β-unsaturated/α-hetero) is 1. The van der Waals surface area contributed by atoms with E-state index in [-0.39, 0.29) is 5.78 Å². The molecule has 102 valence electrons. The van der Waals surface area contributed by atoms with Crippen molar-refractivity contribution in [3.63, 3.8) is 0 Å². The number of nitrogens with zero attached hydrogens (tertiary/aromatic N) is 2. The molecule has 2 atom stereocenters. The van der Waals surface area contributed by atoms with E-state index in [4.69, 9.17) is 0 Å². The summed E-state index contributed by atoms with van der Waals surface area (Å²) >= 11 is 0. The molecule has 2 unspecified atom stereocenters. The molecule has 1 aromatic rings. The second-order valence-corrected chi connectivity index (χ2v) is 5.91. The fourth-order valence-corrected chi connectivity index (χ4v) is 3.71. The molecule has 0 radical (unpaired) electrons. The fraction of sp³-hybridized carbons (Fsp3) is 0.625. The van der Waals surface area contributed by atoms with Crippen LogP contribution in [-0.2, 0) is 0 Å². The molecule has 1 aromatic heterocycles. The minimum Gasteiger partial charge on any atom is -0.367 e. The summed E-state index contributed by atoms with van der Waals surface area (Å²) in [5, 5.41) is 0. The second kappa shape index (κ2) is 5.32. The topological polar surface area (TPSA) is 33.2 Å². The van der Waals surface area contributed by atoms with Gasteiger partial charge in [-0.25, -0.2) is 0 Å². The van der Waals surface area contributed by atoms with E-state index in [2.05, 4.69) is 16.0 Å². The number of pyridine rings is 1. The number of carbonyl (C=O) groups is 1. The van der Waals surface area contributed by atoms with Gasteiger partial charge < -0.3 is 4.90 Å². The van der Waals surface area contributed by atoms with Crippen molar-refractivity contribution in [2.24, 2.45) is 5.92 Å². The van der Waals surface area contributed by atoms with Crippen LogP contribution in [0.15, 0.2) is 18.3 Å². The lowest BCUT2D eigenvalue weighted by Gasteiger charge is -2.45. The molecule has 1 saturated carbocycles. The molecule has 1 aliphatic heterocycles. The maximum absolute atomic E-state index is 11.3. The average molecular weight is 258 g/mol. The number of piperidine rings is 1. The molecule has 0 spiro atoms. The molecule has 3 nitrogen and oxygen atoms in total. The van der Waals surface area contributed by atoms with Crippen LogP contribution in [0.4, 0.5) is 5.69 Å². The van der Waals surface area contributed by atoms with E-state index in [9.17, 15) is 4.79 Å². The first-order valence-corrected chi connectivity index (χ1v) is 7.49. The number of hydrogen-bond acceptors (Lipinski definition) is 3. The Morgan fingerprint density at radius 1 is 1.21 bits per heavy atom. The van der Waals surface area contributed by atoms with Gasteiger partial charge >= 0.3 is 0 Å². The molecule has 2 aliphatic rings. The molecule has 19 heavy (non-hydrogen) atoms. The van der Waals surface area contributed by atoms with Gasteiger partial charge in [0.05, 0.1) is 11.9 Å². The van der Waals surface area contributed by atoms with Crippen LogP contribution in [0.1, 0.15) is 55.9 Å². The van der Waals surface area contributed by atoms with Gasteiger partial charge in [0.25, 0.3) is 0 Å². The van der Waals surface area contributed by atoms with Crippen LogP contribution in [0.25, 0.3) is 0 Å². The maximum Gasteiger partial charge on any atom is 0.178 e. The smallest absolute Gasteiger partial charge is 0.178 e. The third-order valence-electron chi connectivity index (χ3n) is 4.68. The van der Waals surface area contributed by atoms with E-state index in [0.29, 0.717) is 11.7 Å². The molecule has 2 fully saturated rings. The van der Waals surface area contributed by atoms with Crippen molar-refractivity contribution >= 4 is 11.5 Å². The third-order valence-corrected chi connectivity index (χ3v) is 4.68. The second-order valence-electron chi connectivity index (χ2n) is 5.91. The van der Waals surface area contributed by atoms with Crippen LogP contribution in [0.2, 0.25) is 0 Å². The van der Waals surface area contributed by atoms with Crippen LogP contribution in [-0.4, -0.2) is 23.4 Å². The lowest BCUT2D eigenvalue weighted by molar-refractivity contribution is 0.101. The van der Waals surface area contributed by atoms with E-state index < -0.39 is 0 Å². The molecular weight excluding hydrogens is 236 g/mol. The van der Waals surface area contributed by atoms with Gasteiger partial charge in [-0.3, -0.25) is 9.78 Å². The van der Waals surface area contributed by atoms with Crippen molar-refractivity contribution in [2.75, 3.05) is 11.4 Å². The van der Waals surface area contributed by atoms with Gasteiger partial charge in [-0.1, -0.05) is 12.8 Å². The summed E-state index contributed by atoms with van der Waals surface area (Å²) in [4.78, 5) is 18.1. The van der Waals surface area contributed by atoms with E-state index in [0.717, 1.165) is 12.5 Å². The molecule has 1 aliphatic carbocycles. The predicted octanol–water partition coefficient (Wildman–Crippen LogP) is 3.44. The summed E-state index contributed by atoms with van der Waals surface area (Å²) < 4.78 is 0. The highest BCUT2D eigenvalue weighted by Gasteiger charge is 2.33. The number of rotatable bonds is 2. The third kappa shape index (κ3) is 2.51. The average Bonchev–Trinajstić information content (AvgIpc) is 2.47. The van der Waals surface area contributed by atoms with Crippen molar-refractivity contribution in [1.29, 1.82) is 0 Å². The predicted molar refractivity (Wildman–Crippen MR) is 76.6 cm³/mol. The molecule has 0 bridgehead atoms. The summed E-state index contributed by atoms with van der Waals surface area (Å²) in [7, 11) is 0. The Kier molecular flexibility index (Phi) is 3.54. The quantitative estimate of drug-likeness (QED) is 0.762. The molecule has 0 aromatic carbocycles. The summed E-state index contributed by atoms with van der Waals surface area (Å²) in [5.41, 5.74) is 1.77. The maximum atomic E-state index is 11.3. The number of ketones is 1. The number of fused-ring (bicyclic) bond motifs is 1. The van der Waals surface area contributed by atoms with Gasteiger partial charge in [-0.2, -0.15) is 0 Å². The van der Waals surface area contributed by atoms with Crippen molar-refractivity contribution in [3.8, 4) is 0 Å². The standard InChI is InChI=1S/C16H22N2O/c1-12(19)15-9-8-14(11-17-15)18-10-4-6-13-5-2-3-7-16(13)18/h8-9,11,13,16H,2-7,10H2,1H3. The van der Waals surface area contributed by atoms with Gasteiger partial charge in [0.1, 0.15) is 5.69 Å². The zero-order valence-electron chi connectivity index (χ0n) is 11.6. The van der Waals surface area contributed by atoms with Crippen LogP contribution in [0, 0.1) is 5.92 Å². The molecule has 0 amide bonds. The summed E-state index contributed by atoms with van der Waals surface area (Å²) in [6, 6.07) is 4.64. The first-order valence-electron chi connectivity index (χ1n) is 7.49.